The number of rotatable bonds is 4. The second-order valence-electron chi connectivity index (χ2n) is 6.39. The van der Waals surface area contributed by atoms with Crippen molar-refractivity contribution in [3.8, 4) is 0 Å². The quantitative estimate of drug-likeness (QED) is 0.811. The van der Waals surface area contributed by atoms with Crippen LogP contribution in [0.2, 0.25) is 0 Å². The van der Waals surface area contributed by atoms with Gasteiger partial charge in [0.1, 0.15) is 5.82 Å². The van der Waals surface area contributed by atoms with Crippen molar-refractivity contribution in [2.45, 2.75) is 6.92 Å². The van der Waals surface area contributed by atoms with Crippen LogP contribution in [0.15, 0.2) is 42.6 Å². The largest absolute Gasteiger partial charge is 0.465 e. The third kappa shape index (κ3) is 4.28. The second kappa shape index (κ2) is 8.51. The molecule has 8 heteroatoms. The lowest BCUT2D eigenvalue weighted by atomic mass is 10.1. The molecule has 2 amide bonds. The maximum atomic E-state index is 12.5. The molecule has 1 fully saturated rings. The molecule has 0 spiro atoms. The zero-order chi connectivity index (χ0) is 20.1. The number of esters is 1. The fourth-order valence-corrected chi connectivity index (χ4v) is 3.03. The summed E-state index contributed by atoms with van der Waals surface area (Å²) in [7, 11) is 1.29. The number of carbonyl (C=O) groups is 3. The van der Waals surface area contributed by atoms with E-state index in [0.717, 1.165) is 5.82 Å². The summed E-state index contributed by atoms with van der Waals surface area (Å²) in [4.78, 5) is 44.0. The highest BCUT2D eigenvalue weighted by Crippen LogP contribution is 2.18. The van der Waals surface area contributed by atoms with Crippen LogP contribution in [-0.4, -0.2) is 61.0 Å². The topological polar surface area (TPSA) is 91.8 Å². The number of nitrogens with zero attached hydrogens (tertiary/aromatic N) is 3. The Balaban J connectivity index is 1.67. The van der Waals surface area contributed by atoms with Crippen LogP contribution in [0.3, 0.4) is 0 Å². The van der Waals surface area contributed by atoms with Gasteiger partial charge in [0.2, 0.25) is 5.91 Å². The van der Waals surface area contributed by atoms with Crippen LogP contribution in [0.25, 0.3) is 0 Å². The molecule has 1 saturated heterocycles. The zero-order valence-corrected chi connectivity index (χ0v) is 15.8. The Hall–Kier alpha value is -3.42. The number of methoxy groups -OCH3 is 1. The molecule has 146 valence electrons. The average molecular weight is 382 g/mol. The van der Waals surface area contributed by atoms with E-state index in [2.05, 4.69) is 15.2 Å². The molecule has 3 rings (SSSR count). The van der Waals surface area contributed by atoms with Crippen LogP contribution in [0, 0.1) is 0 Å². The van der Waals surface area contributed by atoms with Gasteiger partial charge in [-0.3, -0.25) is 9.59 Å². The number of para-hydroxylation sites is 1. The lowest BCUT2D eigenvalue weighted by Gasteiger charge is -2.34. The molecule has 1 aromatic heterocycles. The fraction of sp³-hybridized carbons (Fsp3) is 0.300. The van der Waals surface area contributed by atoms with Gasteiger partial charge >= 0.3 is 5.97 Å². The number of hydrogen-bond donors (Lipinski definition) is 1. The molecule has 1 aromatic carbocycles. The van der Waals surface area contributed by atoms with Crippen molar-refractivity contribution in [2.24, 2.45) is 0 Å². The van der Waals surface area contributed by atoms with E-state index in [0.29, 0.717) is 37.4 Å². The van der Waals surface area contributed by atoms with Gasteiger partial charge in [-0.2, -0.15) is 0 Å². The smallest absolute Gasteiger partial charge is 0.339 e. The predicted molar refractivity (Wildman–Crippen MR) is 104 cm³/mol. The lowest BCUT2D eigenvalue weighted by Crippen LogP contribution is -2.48. The number of anilines is 2. The number of piperazine rings is 1. The van der Waals surface area contributed by atoms with Crippen LogP contribution in [0.5, 0.6) is 0 Å². The molecule has 0 bridgehead atoms. The number of benzene rings is 1. The first-order valence-electron chi connectivity index (χ1n) is 8.95. The van der Waals surface area contributed by atoms with E-state index in [4.69, 9.17) is 4.74 Å². The van der Waals surface area contributed by atoms with Gasteiger partial charge in [0.05, 0.1) is 23.9 Å². The van der Waals surface area contributed by atoms with Crippen LogP contribution in [-0.2, 0) is 9.53 Å². The first kappa shape index (κ1) is 19.3. The number of nitrogens with one attached hydrogen (secondary N) is 1. The molecule has 28 heavy (non-hydrogen) atoms. The SMILES string of the molecule is COC(=O)c1ccccc1NC(=O)c1ccc(N2CCN(C(C)=O)CC2)nc1. The van der Waals surface area contributed by atoms with Gasteiger partial charge in [-0.05, 0) is 24.3 Å². The molecule has 0 saturated carbocycles. The Morgan fingerprint density at radius 2 is 1.75 bits per heavy atom. The highest BCUT2D eigenvalue weighted by atomic mass is 16.5. The van der Waals surface area contributed by atoms with Crippen LogP contribution in [0.1, 0.15) is 27.6 Å². The predicted octanol–water partition coefficient (Wildman–Crippen LogP) is 1.79. The average Bonchev–Trinajstić information content (AvgIpc) is 2.73. The van der Waals surface area contributed by atoms with Crippen molar-refractivity contribution < 1.29 is 19.1 Å². The molecule has 0 unspecified atom stereocenters. The summed E-state index contributed by atoms with van der Waals surface area (Å²) in [5, 5.41) is 2.72. The number of ether oxygens (including phenoxy) is 1. The van der Waals surface area contributed by atoms with E-state index in [1.807, 2.05) is 0 Å². The van der Waals surface area contributed by atoms with E-state index in [9.17, 15) is 14.4 Å². The standard InChI is InChI=1S/C20H22N4O4/c1-14(25)23-9-11-24(12-10-23)18-8-7-15(13-21-18)19(26)22-17-6-4-3-5-16(17)20(27)28-2/h3-8,13H,9-12H2,1-2H3,(H,22,26). The Morgan fingerprint density at radius 1 is 1.04 bits per heavy atom. The fourth-order valence-electron chi connectivity index (χ4n) is 3.03. The number of hydrogen-bond acceptors (Lipinski definition) is 6. The summed E-state index contributed by atoms with van der Waals surface area (Å²) in [6.45, 7) is 4.28. The molecule has 1 aliphatic rings. The molecule has 0 aliphatic carbocycles. The van der Waals surface area contributed by atoms with E-state index < -0.39 is 5.97 Å². The summed E-state index contributed by atoms with van der Waals surface area (Å²) < 4.78 is 4.74. The Labute approximate surface area is 163 Å². The van der Waals surface area contributed by atoms with E-state index in [1.54, 1.807) is 48.2 Å². The van der Waals surface area contributed by atoms with Crippen molar-refractivity contribution in [2.75, 3.05) is 43.5 Å². The normalized spacial score (nSPS) is 13.8. The summed E-state index contributed by atoms with van der Waals surface area (Å²) in [6.07, 6.45) is 1.50. The van der Waals surface area contributed by atoms with Gasteiger partial charge in [0.25, 0.3) is 5.91 Å². The molecule has 2 aromatic rings. The van der Waals surface area contributed by atoms with Gasteiger partial charge in [-0.25, -0.2) is 9.78 Å². The van der Waals surface area contributed by atoms with Gasteiger partial charge in [0, 0.05) is 39.3 Å². The van der Waals surface area contributed by atoms with Crippen molar-refractivity contribution in [3.05, 3.63) is 53.7 Å². The Kier molecular flexibility index (Phi) is 5.88. The second-order valence-corrected chi connectivity index (χ2v) is 6.39. The van der Waals surface area contributed by atoms with Gasteiger partial charge in [-0.1, -0.05) is 12.1 Å². The van der Waals surface area contributed by atoms with Gasteiger partial charge in [0.15, 0.2) is 0 Å². The van der Waals surface area contributed by atoms with Crippen molar-refractivity contribution in [3.63, 3.8) is 0 Å². The van der Waals surface area contributed by atoms with Crippen molar-refractivity contribution in [1.29, 1.82) is 0 Å². The third-order valence-corrected chi connectivity index (χ3v) is 4.64. The van der Waals surface area contributed by atoms with Crippen molar-refractivity contribution in [1.82, 2.24) is 9.88 Å². The zero-order valence-electron chi connectivity index (χ0n) is 15.8. The minimum absolute atomic E-state index is 0.0758. The minimum atomic E-state index is -0.519. The Morgan fingerprint density at radius 3 is 2.36 bits per heavy atom. The van der Waals surface area contributed by atoms with Crippen LogP contribution >= 0.6 is 0 Å². The minimum Gasteiger partial charge on any atom is -0.465 e. The number of carbonyl (C=O) groups excluding carboxylic acids is 3. The first-order chi connectivity index (χ1) is 13.5. The summed E-state index contributed by atoms with van der Waals surface area (Å²) in [6, 6.07) is 10.1. The van der Waals surface area contributed by atoms with E-state index >= 15 is 0 Å². The monoisotopic (exact) mass is 382 g/mol. The first-order valence-corrected chi connectivity index (χ1v) is 8.95. The molecule has 2 heterocycles. The van der Waals surface area contributed by atoms with E-state index in [-0.39, 0.29) is 17.4 Å². The Bertz CT molecular complexity index is 874. The molecular formula is C20H22N4O4. The van der Waals surface area contributed by atoms with Gasteiger partial charge in [-0.15, -0.1) is 0 Å². The summed E-state index contributed by atoms with van der Waals surface area (Å²) >= 11 is 0. The summed E-state index contributed by atoms with van der Waals surface area (Å²) in [5.74, 6) is -0.0487. The molecular weight excluding hydrogens is 360 g/mol. The molecule has 1 N–H and O–H groups in total. The highest BCUT2D eigenvalue weighted by Gasteiger charge is 2.20. The van der Waals surface area contributed by atoms with Gasteiger partial charge < -0.3 is 19.9 Å². The molecule has 8 nitrogen and oxygen atoms in total. The van der Waals surface area contributed by atoms with Crippen LogP contribution < -0.4 is 10.2 Å². The number of aromatic nitrogens is 1. The summed E-state index contributed by atoms with van der Waals surface area (Å²) in [5.41, 5.74) is 1.04. The molecule has 0 atom stereocenters. The lowest BCUT2D eigenvalue weighted by molar-refractivity contribution is -0.129. The third-order valence-electron chi connectivity index (χ3n) is 4.64. The number of pyridine rings is 1. The highest BCUT2D eigenvalue weighted by molar-refractivity contribution is 6.07. The maximum Gasteiger partial charge on any atom is 0.339 e. The number of amides is 2. The van der Waals surface area contributed by atoms with Crippen LogP contribution in [0.4, 0.5) is 11.5 Å². The van der Waals surface area contributed by atoms with Crippen molar-refractivity contribution >= 4 is 29.3 Å². The molecule has 1 aliphatic heterocycles. The maximum absolute atomic E-state index is 12.5. The molecule has 0 radical (unpaired) electrons. The van der Waals surface area contributed by atoms with E-state index in [1.165, 1.54) is 13.3 Å².